The minimum Gasteiger partial charge on any atom is -0.456 e. The summed E-state index contributed by atoms with van der Waals surface area (Å²) in [6.07, 6.45) is 2.60. The van der Waals surface area contributed by atoms with Gasteiger partial charge < -0.3 is 4.74 Å². The van der Waals surface area contributed by atoms with Crippen LogP contribution in [0, 0.1) is 31.6 Å². The van der Waals surface area contributed by atoms with E-state index in [1.54, 1.807) is 24.3 Å². The van der Waals surface area contributed by atoms with Gasteiger partial charge in [0.15, 0.2) is 0 Å². The topological polar surface area (TPSA) is 157 Å². The zero-order chi connectivity index (χ0) is 21.5. The van der Waals surface area contributed by atoms with E-state index in [-0.39, 0.29) is 22.7 Å². The van der Waals surface area contributed by atoms with Gasteiger partial charge in [-0.1, -0.05) is 12.1 Å². The first-order valence-corrected chi connectivity index (χ1v) is 8.32. The smallest absolute Gasteiger partial charge is 0.287 e. The summed E-state index contributed by atoms with van der Waals surface area (Å²) >= 11 is 0. The third kappa shape index (κ3) is 4.90. The van der Waals surface area contributed by atoms with Crippen molar-refractivity contribution in [1.29, 1.82) is 5.26 Å². The predicted molar refractivity (Wildman–Crippen MR) is 106 cm³/mol. The summed E-state index contributed by atoms with van der Waals surface area (Å²) in [5.74, 6) is 0.914. The van der Waals surface area contributed by atoms with E-state index in [0.717, 1.165) is 12.3 Å². The van der Waals surface area contributed by atoms with Gasteiger partial charge in [-0.2, -0.15) is 10.4 Å². The number of ether oxygens (including phenoxy) is 1. The number of hydrogen-bond donors (Lipinski definition) is 1. The molecule has 1 aromatic heterocycles. The van der Waals surface area contributed by atoms with E-state index in [4.69, 9.17) is 4.74 Å². The van der Waals surface area contributed by atoms with Crippen molar-refractivity contribution in [3.8, 4) is 17.6 Å². The van der Waals surface area contributed by atoms with Crippen molar-refractivity contribution in [2.75, 3.05) is 5.43 Å². The molecule has 0 bridgehead atoms. The van der Waals surface area contributed by atoms with Crippen LogP contribution in [0.3, 0.4) is 0 Å². The van der Waals surface area contributed by atoms with Crippen LogP contribution in [0.25, 0.3) is 0 Å². The number of nitriles is 1. The van der Waals surface area contributed by atoms with E-state index in [2.05, 4.69) is 15.5 Å². The van der Waals surface area contributed by atoms with Crippen LogP contribution >= 0.6 is 0 Å². The summed E-state index contributed by atoms with van der Waals surface area (Å²) in [5.41, 5.74) is 3.01. The molecule has 11 nitrogen and oxygen atoms in total. The Bertz CT molecular complexity index is 1170. The Hall–Kier alpha value is -4.85. The number of aromatic nitrogens is 1. The van der Waals surface area contributed by atoms with Gasteiger partial charge in [0.05, 0.1) is 16.1 Å². The maximum absolute atomic E-state index is 10.8. The molecule has 30 heavy (non-hydrogen) atoms. The van der Waals surface area contributed by atoms with Gasteiger partial charge in [-0.05, 0) is 29.8 Å². The zero-order valence-electron chi connectivity index (χ0n) is 15.1. The number of non-ortho nitro benzene ring substituents is 1. The van der Waals surface area contributed by atoms with Gasteiger partial charge in [0.1, 0.15) is 35.1 Å². The van der Waals surface area contributed by atoms with Gasteiger partial charge in [0, 0.05) is 18.2 Å². The Morgan fingerprint density at radius 2 is 1.83 bits per heavy atom. The molecule has 0 amide bonds. The fraction of sp³-hybridized carbons (Fsp3) is 0. The van der Waals surface area contributed by atoms with E-state index >= 15 is 0 Å². The number of pyridine rings is 1. The standard InChI is InChI=1S/C19H12N6O5/c20-10-14-9-15(24(26)27)4-6-18(14)30-17-3-1-2-13(8-17)11-22-23-19-7-5-16(12-21-19)25(28)29/h1-9,11-12H,(H,21,23)/b22-11-. The Morgan fingerprint density at radius 1 is 1.07 bits per heavy atom. The van der Waals surface area contributed by atoms with Gasteiger partial charge in [-0.3, -0.25) is 25.7 Å². The van der Waals surface area contributed by atoms with E-state index in [9.17, 15) is 25.5 Å². The number of hydrazone groups is 1. The van der Waals surface area contributed by atoms with Crippen molar-refractivity contribution in [2.24, 2.45) is 5.10 Å². The molecule has 1 N–H and O–H groups in total. The van der Waals surface area contributed by atoms with Crippen molar-refractivity contribution >= 4 is 23.4 Å². The molecule has 3 aromatic rings. The molecule has 0 atom stereocenters. The third-order valence-electron chi connectivity index (χ3n) is 3.73. The lowest BCUT2D eigenvalue weighted by Gasteiger charge is -2.08. The van der Waals surface area contributed by atoms with Crippen LogP contribution in [0.5, 0.6) is 11.5 Å². The van der Waals surface area contributed by atoms with Crippen LogP contribution in [0.15, 0.2) is 65.9 Å². The average molecular weight is 404 g/mol. The molecule has 1 heterocycles. The second kappa shape index (κ2) is 8.89. The summed E-state index contributed by atoms with van der Waals surface area (Å²) in [7, 11) is 0. The molecule has 0 aliphatic carbocycles. The fourth-order valence-electron chi connectivity index (χ4n) is 2.33. The Morgan fingerprint density at radius 3 is 2.50 bits per heavy atom. The van der Waals surface area contributed by atoms with Crippen LogP contribution in [0.4, 0.5) is 17.2 Å². The van der Waals surface area contributed by atoms with Crippen LogP contribution in [-0.2, 0) is 0 Å². The molecule has 11 heteroatoms. The normalized spacial score (nSPS) is 10.4. The van der Waals surface area contributed by atoms with Crippen molar-refractivity contribution in [1.82, 2.24) is 4.98 Å². The molecule has 3 rings (SSSR count). The molecule has 0 fully saturated rings. The SMILES string of the molecule is N#Cc1cc([N+](=O)[O-])ccc1Oc1cccc(/C=N\Nc2ccc([N+](=O)[O-])cn2)c1. The highest BCUT2D eigenvalue weighted by molar-refractivity contribution is 5.80. The number of anilines is 1. The lowest BCUT2D eigenvalue weighted by atomic mass is 10.2. The number of nitro benzene ring substituents is 1. The maximum atomic E-state index is 10.8. The fourth-order valence-corrected chi connectivity index (χ4v) is 2.33. The molecule has 0 radical (unpaired) electrons. The van der Waals surface area contributed by atoms with Gasteiger partial charge in [-0.15, -0.1) is 0 Å². The van der Waals surface area contributed by atoms with Crippen molar-refractivity contribution in [3.63, 3.8) is 0 Å². The Labute approximate surface area is 169 Å². The third-order valence-corrected chi connectivity index (χ3v) is 3.73. The van der Waals surface area contributed by atoms with Crippen LogP contribution in [0.2, 0.25) is 0 Å². The minimum absolute atomic E-state index is 0.0363. The summed E-state index contributed by atoms with van der Waals surface area (Å²) < 4.78 is 5.67. The quantitative estimate of drug-likeness (QED) is 0.351. The molecule has 0 aliphatic rings. The van der Waals surface area contributed by atoms with Gasteiger partial charge >= 0.3 is 0 Å². The molecule has 148 valence electrons. The second-order valence-corrected chi connectivity index (χ2v) is 5.75. The summed E-state index contributed by atoms with van der Waals surface area (Å²) in [4.78, 5) is 24.2. The highest BCUT2D eigenvalue weighted by Gasteiger charge is 2.12. The number of rotatable bonds is 7. The Balaban J connectivity index is 1.70. The summed E-state index contributed by atoms with van der Waals surface area (Å²) in [6.45, 7) is 0. The molecule has 2 aromatic carbocycles. The first-order chi connectivity index (χ1) is 14.5. The van der Waals surface area contributed by atoms with Gasteiger partial charge in [-0.25, -0.2) is 4.98 Å². The van der Waals surface area contributed by atoms with Gasteiger partial charge in [0.25, 0.3) is 11.4 Å². The van der Waals surface area contributed by atoms with Crippen LogP contribution in [0.1, 0.15) is 11.1 Å². The summed E-state index contributed by atoms with van der Waals surface area (Å²) in [6, 6.07) is 15.1. The minimum atomic E-state index is -0.589. The molecule has 0 aliphatic heterocycles. The van der Waals surface area contributed by atoms with Crippen LogP contribution < -0.4 is 10.2 Å². The number of nitrogens with zero attached hydrogens (tertiary/aromatic N) is 5. The van der Waals surface area contributed by atoms with Crippen molar-refractivity contribution in [2.45, 2.75) is 0 Å². The first-order valence-electron chi connectivity index (χ1n) is 8.32. The highest BCUT2D eigenvalue weighted by atomic mass is 16.6. The van der Waals surface area contributed by atoms with E-state index < -0.39 is 9.85 Å². The molecule has 0 unspecified atom stereocenters. The second-order valence-electron chi connectivity index (χ2n) is 5.75. The monoisotopic (exact) mass is 404 g/mol. The lowest BCUT2D eigenvalue weighted by molar-refractivity contribution is -0.385. The van der Waals surface area contributed by atoms with E-state index in [1.807, 2.05) is 6.07 Å². The average Bonchev–Trinajstić information content (AvgIpc) is 2.74. The molecular weight excluding hydrogens is 392 g/mol. The maximum Gasteiger partial charge on any atom is 0.287 e. The largest absolute Gasteiger partial charge is 0.456 e. The van der Waals surface area contributed by atoms with Crippen molar-refractivity contribution < 1.29 is 14.6 Å². The zero-order valence-corrected chi connectivity index (χ0v) is 15.1. The van der Waals surface area contributed by atoms with E-state index in [1.165, 1.54) is 30.5 Å². The molecule has 0 saturated heterocycles. The number of nitro groups is 2. The van der Waals surface area contributed by atoms with Crippen molar-refractivity contribution in [3.05, 3.63) is 92.1 Å². The molecule has 0 saturated carbocycles. The highest BCUT2D eigenvalue weighted by Crippen LogP contribution is 2.28. The summed E-state index contributed by atoms with van der Waals surface area (Å²) in [5, 5.41) is 34.7. The lowest BCUT2D eigenvalue weighted by Crippen LogP contribution is -1.95. The first kappa shape index (κ1) is 19.9. The van der Waals surface area contributed by atoms with Gasteiger partial charge in [0.2, 0.25) is 0 Å². The number of hydrogen-bond acceptors (Lipinski definition) is 9. The number of benzene rings is 2. The number of nitrogens with one attached hydrogen (secondary N) is 1. The molecule has 0 spiro atoms. The predicted octanol–water partition coefficient (Wildman–Crippen LogP) is 4.01. The van der Waals surface area contributed by atoms with E-state index in [0.29, 0.717) is 17.1 Å². The molecular formula is C19H12N6O5. The Kier molecular flexibility index (Phi) is 5.90. The van der Waals surface area contributed by atoms with Crippen LogP contribution in [-0.4, -0.2) is 21.0 Å².